The number of quaternary nitrogens is 1. The van der Waals surface area contributed by atoms with Gasteiger partial charge < -0.3 is 19.3 Å². The molecule has 168 valence electrons. The van der Waals surface area contributed by atoms with Crippen molar-refractivity contribution in [2.75, 3.05) is 47.2 Å². The van der Waals surface area contributed by atoms with Crippen LogP contribution >= 0.6 is 0 Å². The van der Waals surface area contributed by atoms with Crippen molar-refractivity contribution in [1.82, 2.24) is 5.43 Å². The average molecular weight is 439 g/mol. The maximum absolute atomic E-state index is 13.0. The summed E-state index contributed by atoms with van der Waals surface area (Å²) in [5.41, 5.74) is 1.28. The number of amides is 2. The van der Waals surface area contributed by atoms with Gasteiger partial charge in [-0.1, -0.05) is 0 Å². The molecule has 0 aliphatic rings. The maximum Gasteiger partial charge on any atom is 0.355 e. The van der Waals surface area contributed by atoms with Crippen LogP contribution in [0.2, 0.25) is 0 Å². The first-order chi connectivity index (χ1) is 14.4. The number of rotatable bonds is 9. The Balaban J connectivity index is 3.21. The van der Waals surface area contributed by atoms with Crippen LogP contribution in [0.15, 0.2) is 29.4 Å². The van der Waals surface area contributed by atoms with Gasteiger partial charge in [-0.25, -0.2) is 14.6 Å². The molecule has 0 aromatic heterocycles. The molecule has 0 unspecified atom stereocenters. The number of anilines is 1. The first-order valence-corrected chi connectivity index (χ1v) is 8.83. The first kappa shape index (κ1) is 25.4. The molecule has 1 atom stereocenters. The summed E-state index contributed by atoms with van der Waals surface area (Å²) in [5, 5.41) is 5.73. The van der Waals surface area contributed by atoms with Gasteiger partial charge in [0.25, 0.3) is 11.8 Å². The number of carbonyl (C=O) groups excluding carboxylic acids is 5. The third kappa shape index (κ3) is 7.93. The van der Waals surface area contributed by atoms with Crippen molar-refractivity contribution in [3.63, 3.8) is 0 Å². The van der Waals surface area contributed by atoms with Gasteiger partial charge in [-0.3, -0.25) is 19.2 Å². The van der Waals surface area contributed by atoms with Crippen LogP contribution in [-0.2, 0) is 33.4 Å². The van der Waals surface area contributed by atoms with Crippen LogP contribution in [0.1, 0.15) is 0 Å². The zero-order chi connectivity index (χ0) is 23.8. The lowest BCUT2D eigenvalue weighted by atomic mass is 9.97. The van der Waals surface area contributed by atoms with Gasteiger partial charge in [-0.05, 0) is 24.3 Å². The summed E-state index contributed by atoms with van der Waals surface area (Å²) in [5.74, 6) is -8.50. The van der Waals surface area contributed by atoms with E-state index in [0.29, 0.717) is 0 Å². The number of hydrogen-bond donors (Lipinski definition) is 2. The number of hydrazone groups is 1. The number of ether oxygens (including phenoxy) is 2. The van der Waals surface area contributed by atoms with E-state index >= 15 is 0 Å². The molecule has 2 amide bonds. The molecule has 0 spiro atoms. The standard InChI is InChI=1S/C19H23FN4O7/c1-24(2,3)10-13(25)22-23-15(19(29)31-5)14(18(28)30-4)16(26)17(27)21-12-8-6-11(20)7-9-12/h6-9,14H,10H2,1-5H3,(H-,21,22,25,27,29)/p+1/t14-/m0/s1. The maximum atomic E-state index is 13.0. The van der Waals surface area contributed by atoms with Crippen molar-refractivity contribution >= 4 is 40.9 Å². The minimum Gasteiger partial charge on any atom is -0.468 e. The number of ketones is 1. The number of benzene rings is 1. The minimum absolute atomic E-state index is 0.0418. The Morgan fingerprint density at radius 1 is 1.03 bits per heavy atom. The van der Waals surface area contributed by atoms with E-state index in [9.17, 15) is 28.4 Å². The molecule has 1 aromatic rings. The number of hydrogen-bond acceptors (Lipinski definition) is 8. The van der Waals surface area contributed by atoms with Crippen molar-refractivity contribution in [2.45, 2.75) is 0 Å². The highest BCUT2D eigenvalue weighted by Gasteiger charge is 2.41. The largest absolute Gasteiger partial charge is 0.468 e. The van der Waals surface area contributed by atoms with E-state index in [2.05, 4.69) is 25.3 Å². The van der Waals surface area contributed by atoms with Crippen LogP contribution in [-0.4, -0.2) is 81.6 Å². The lowest BCUT2D eigenvalue weighted by Gasteiger charge is -2.22. The Bertz CT molecular complexity index is 892. The average Bonchev–Trinajstić information content (AvgIpc) is 2.69. The predicted octanol–water partition coefficient (Wildman–Crippen LogP) is -0.526. The molecular formula is C19H24FN4O7+. The van der Waals surface area contributed by atoms with E-state index < -0.39 is 47.0 Å². The van der Waals surface area contributed by atoms with Crippen molar-refractivity contribution in [3.05, 3.63) is 30.1 Å². The molecule has 0 saturated heterocycles. The van der Waals surface area contributed by atoms with Crippen LogP contribution < -0.4 is 10.7 Å². The summed E-state index contributed by atoms with van der Waals surface area (Å²) in [7, 11) is 7.08. The van der Waals surface area contributed by atoms with Crippen molar-refractivity contribution in [3.8, 4) is 0 Å². The van der Waals surface area contributed by atoms with Crippen LogP contribution in [0.5, 0.6) is 0 Å². The van der Waals surface area contributed by atoms with Crippen molar-refractivity contribution < 1.29 is 42.3 Å². The summed E-state index contributed by atoms with van der Waals surface area (Å²) in [6.07, 6.45) is 0. The highest BCUT2D eigenvalue weighted by atomic mass is 19.1. The Labute approximate surface area is 177 Å². The molecule has 0 bridgehead atoms. The monoisotopic (exact) mass is 439 g/mol. The zero-order valence-electron chi connectivity index (χ0n) is 17.7. The molecule has 0 saturated carbocycles. The van der Waals surface area contributed by atoms with Crippen molar-refractivity contribution in [1.29, 1.82) is 0 Å². The molecule has 0 aliphatic heterocycles. The van der Waals surface area contributed by atoms with E-state index in [1.54, 1.807) is 21.1 Å². The Morgan fingerprint density at radius 3 is 2.10 bits per heavy atom. The minimum atomic E-state index is -2.11. The fourth-order valence-electron chi connectivity index (χ4n) is 2.24. The smallest absolute Gasteiger partial charge is 0.355 e. The number of carbonyl (C=O) groups is 5. The van der Waals surface area contributed by atoms with E-state index in [1.165, 1.54) is 12.1 Å². The topological polar surface area (TPSA) is 140 Å². The first-order valence-electron chi connectivity index (χ1n) is 8.83. The van der Waals surface area contributed by atoms with Crippen LogP contribution in [0.4, 0.5) is 10.1 Å². The Morgan fingerprint density at radius 2 is 1.61 bits per heavy atom. The number of methoxy groups -OCH3 is 2. The van der Waals surface area contributed by atoms with Gasteiger partial charge in [0.15, 0.2) is 18.2 Å². The Kier molecular flexibility index (Phi) is 8.94. The number of nitrogens with one attached hydrogen (secondary N) is 2. The molecule has 12 heteroatoms. The normalized spacial score (nSPS) is 12.4. The van der Waals surface area contributed by atoms with Gasteiger partial charge in [-0.2, -0.15) is 5.10 Å². The molecule has 0 aliphatic carbocycles. The van der Waals surface area contributed by atoms with Crippen LogP contribution in [0, 0.1) is 11.7 Å². The second kappa shape index (κ2) is 10.9. The predicted molar refractivity (Wildman–Crippen MR) is 106 cm³/mol. The van der Waals surface area contributed by atoms with Crippen LogP contribution in [0.3, 0.4) is 0 Å². The van der Waals surface area contributed by atoms with E-state index in [0.717, 1.165) is 26.4 Å². The number of Topliss-reactive ketones (excluding diaryl/α,β-unsaturated/α-hetero) is 1. The van der Waals surface area contributed by atoms with Gasteiger partial charge in [-0.15, -0.1) is 0 Å². The Hall–Kier alpha value is -3.67. The molecule has 31 heavy (non-hydrogen) atoms. The molecule has 11 nitrogen and oxygen atoms in total. The van der Waals surface area contributed by atoms with Gasteiger partial charge >= 0.3 is 11.9 Å². The summed E-state index contributed by atoms with van der Waals surface area (Å²) < 4.78 is 22.3. The quantitative estimate of drug-likeness (QED) is 0.132. The molecule has 0 fully saturated rings. The summed E-state index contributed by atoms with van der Waals surface area (Å²) in [4.78, 5) is 61.4. The van der Waals surface area contributed by atoms with Gasteiger partial charge in [0.2, 0.25) is 5.78 Å². The SMILES string of the molecule is COC(=O)/C(=N\NC(=O)C[N+](C)(C)C)[C@H](C(=O)OC)C(=O)C(=O)Nc1ccc(F)cc1. The lowest BCUT2D eigenvalue weighted by molar-refractivity contribution is -0.862. The van der Waals surface area contributed by atoms with Crippen molar-refractivity contribution in [2.24, 2.45) is 11.0 Å². The molecule has 0 radical (unpaired) electrons. The highest BCUT2D eigenvalue weighted by molar-refractivity contribution is 6.55. The number of halogens is 1. The van der Waals surface area contributed by atoms with Gasteiger partial charge in [0, 0.05) is 5.69 Å². The third-order valence-corrected chi connectivity index (χ3v) is 3.61. The summed E-state index contributed by atoms with van der Waals surface area (Å²) in [6.45, 7) is -0.0418. The fraction of sp³-hybridized carbons (Fsp3) is 0.368. The lowest BCUT2D eigenvalue weighted by Crippen LogP contribution is -2.46. The second-order valence-corrected chi connectivity index (χ2v) is 7.25. The van der Waals surface area contributed by atoms with Gasteiger partial charge in [0.05, 0.1) is 35.4 Å². The van der Waals surface area contributed by atoms with E-state index in [-0.39, 0.29) is 16.7 Å². The molecule has 2 N–H and O–H groups in total. The molecule has 1 aromatic carbocycles. The third-order valence-electron chi connectivity index (χ3n) is 3.61. The fourth-order valence-corrected chi connectivity index (χ4v) is 2.24. The number of esters is 2. The van der Waals surface area contributed by atoms with E-state index in [1.807, 2.05) is 0 Å². The summed E-state index contributed by atoms with van der Waals surface area (Å²) >= 11 is 0. The molecular weight excluding hydrogens is 415 g/mol. The number of likely N-dealkylation sites (N-methyl/N-ethyl adjacent to an activating group) is 1. The molecule has 1 rings (SSSR count). The number of nitrogens with zero attached hydrogens (tertiary/aromatic N) is 2. The van der Waals surface area contributed by atoms with E-state index in [4.69, 9.17) is 0 Å². The summed E-state index contributed by atoms with van der Waals surface area (Å²) in [6, 6.07) is 4.47. The zero-order valence-corrected chi connectivity index (χ0v) is 17.7. The highest BCUT2D eigenvalue weighted by Crippen LogP contribution is 2.12. The second-order valence-electron chi connectivity index (χ2n) is 7.25. The van der Waals surface area contributed by atoms with Crippen LogP contribution in [0.25, 0.3) is 0 Å². The molecule has 0 heterocycles. The van der Waals surface area contributed by atoms with Gasteiger partial charge in [0.1, 0.15) is 5.82 Å².